The molecule has 19 heavy (non-hydrogen) atoms. The minimum absolute atomic E-state index is 0.0103. The molecule has 1 saturated heterocycles. The number of piperazine rings is 1. The number of ether oxygens (including phenoxy) is 1. The van der Waals surface area contributed by atoms with Gasteiger partial charge in [-0.25, -0.2) is 0 Å². The highest BCUT2D eigenvalue weighted by molar-refractivity contribution is 5.99. The molecule has 0 bridgehead atoms. The van der Waals surface area contributed by atoms with Crippen molar-refractivity contribution in [3.05, 3.63) is 0 Å². The molecule has 1 atom stereocenters. The van der Waals surface area contributed by atoms with Gasteiger partial charge >= 0.3 is 0 Å². The number of hydrogen-bond acceptors (Lipinski definition) is 3. The quantitative estimate of drug-likeness (QED) is 0.737. The molecular weight excluding hydrogens is 244 g/mol. The van der Waals surface area contributed by atoms with Crippen LogP contribution in [0.5, 0.6) is 0 Å². The van der Waals surface area contributed by atoms with Gasteiger partial charge in [0.25, 0.3) is 0 Å². The molecule has 0 spiro atoms. The van der Waals surface area contributed by atoms with Crippen LogP contribution in [0, 0.1) is 5.92 Å². The highest BCUT2D eigenvalue weighted by atomic mass is 16.5. The molecule has 1 N–H and O–H groups in total. The molecule has 110 valence electrons. The average molecular weight is 270 g/mol. The second-order valence-corrected chi connectivity index (χ2v) is 5.79. The Morgan fingerprint density at radius 1 is 1.37 bits per heavy atom. The topological polar surface area (TPSA) is 58.6 Å². The van der Waals surface area contributed by atoms with Gasteiger partial charge in [-0.15, -0.1) is 0 Å². The van der Waals surface area contributed by atoms with E-state index in [0.717, 1.165) is 6.42 Å². The van der Waals surface area contributed by atoms with E-state index in [1.165, 1.54) is 0 Å². The van der Waals surface area contributed by atoms with E-state index in [9.17, 15) is 9.59 Å². The van der Waals surface area contributed by atoms with Crippen LogP contribution < -0.4 is 5.32 Å². The van der Waals surface area contributed by atoms with E-state index in [1.54, 1.807) is 18.7 Å². The van der Waals surface area contributed by atoms with E-state index in [4.69, 9.17) is 4.74 Å². The molecule has 1 fully saturated rings. The summed E-state index contributed by atoms with van der Waals surface area (Å²) in [7, 11) is 0. The standard InChI is InChI=1S/C14H26N2O3/c1-6-19-9-7-8-16-12(17)11(10(2)3)15-13(18)14(16,4)5/h10-11H,6-9H2,1-5H3,(H,15,18). The van der Waals surface area contributed by atoms with Crippen molar-refractivity contribution in [1.29, 1.82) is 0 Å². The molecule has 2 amide bonds. The Kier molecular flexibility index (Phi) is 5.35. The van der Waals surface area contributed by atoms with E-state index in [2.05, 4.69) is 5.32 Å². The first kappa shape index (κ1) is 16.0. The molecule has 0 aromatic carbocycles. The molecule has 1 unspecified atom stereocenters. The van der Waals surface area contributed by atoms with Crippen LogP contribution in [0.2, 0.25) is 0 Å². The van der Waals surface area contributed by atoms with Crippen molar-refractivity contribution in [2.24, 2.45) is 5.92 Å². The number of carbonyl (C=O) groups is 2. The summed E-state index contributed by atoms with van der Waals surface area (Å²) in [6.45, 7) is 11.3. The molecule has 1 heterocycles. The number of amides is 2. The third kappa shape index (κ3) is 3.47. The maximum Gasteiger partial charge on any atom is 0.246 e. The maximum absolute atomic E-state index is 12.5. The molecule has 5 nitrogen and oxygen atoms in total. The first-order valence-corrected chi connectivity index (χ1v) is 7.02. The van der Waals surface area contributed by atoms with Crippen molar-refractivity contribution >= 4 is 11.8 Å². The first-order valence-electron chi connectivity index (χ1n) is 7.02. The summed E-state index contributed by atoms with van der Waals surface area (Å²) in [5, 5.41) is 2.83. The van der Waals surface area contributed by atoms with E-state index in [-0.39, 0.29) is 17.7 Å². The lowest BCUT2D eigenvalue weighted by Crippen LogP contribution is -2.69. The highest BCUT2D eigenvalue weighted by Gasteiger charge is 2.46. The number of nitrogens with one attached hydrogen (secondary N) is 1. The summed E-state index contributed by atoms with van der Waals surface area (Å²) in [4.78, 5) is 26.3. The fourth-order valence-corrected chi connectivity index (χ4v) is 2.26. The van der Waals surface area contributed by atoms with Crippen LogP contribution in [0.3, 0.4) is 0 Å². The smallest absolute Gasteiger partial charge is 0.246 e. The summed E-state index contributed by atoms with van der Waals surface area (Å²) in [6, 6.07) is -0.410. The van der Waals surface area contributed by atoms with Gasteiger partial charge in [0.2, 0.25) is 11.8 Å². The van der Waals surface area contributed by atoms with Crippen LogP contribution in [0.25, 0.3) is 0 Å². The van der Waals surface area contributed by atoms with Crippen molar-refractivity contribution < 1.29 is 14.3 Å². The second kappa shape index (κ2) is 6.37. The van der Waals surface area contributed by atoms with Gasteiger partial charge in [0.05, 0.1) is 0 Å². The third-order valence-electron chi connectivity index (χ3n) is 3.59. The van der Waals surface area contributed by atoms with E-state index in [0.29, 0.717) is 19.8 Å². The SMILES string of the molecule is CCOCCCN1C(=O)C(C(C)C)NC(=O)C1(C)C. The molecule has 0 radical (unpaired) electrons. The lowest BCUT2D eigenvalue weighted by molar-refractivity contribution is -0.156. The number of nitrogens with zero attached hydrogens (tertiary/aromatic N) is 1. The Hall–Kier alpha value is -1.10. The molecule has 1 aliphatic rings. The van der Waals surface area contributed by atoms with E-state index < -0.39 is 11.6 Å². The largest absolute Gasteiger partial charge is 0.382 e. The van der Waals surface area contributed by atoms with Crippen molar-refractivity contribution in [3.8, 4) is 0 Å². The number of rotatable bonds is 6. The van der Waals surface area contributed by atoms with Crippen LogP contribution >= 0.6 is 0 Å². The third-order valence-corrected chi connectivity index (χ3v) is 3.59. The normalized spacial score (nSPS) is 22.8. The summed E-state index contributed by atoms with van der Waals surface area (Å²) in [6.07, 6.45) is 0.751. The highest BCUT2D eigenvalue weighted by Crippen LogP contribution is 2.23. The van der Waals surface area contributed by atoms with Crippen molar-refractivity contribution in [2.45, 2.75) is 52.6 Å². The number of hydrogen-bond donors (Lipinski definition) is 1. The predicted molar refractivity (Wildman–Crippen MR) is 73.7 cm³/mol. The van der Waals surface area contributed by atoms with E-state index in [1.807, 2.05) is 20.8 Å². The predicted octanol–water partition coefficient (Wildman–Crippen LogP) is 1.17. The monoisotopic (exact) mass is 270 g/mol. The van der Waals surface area contributed by atoms with Crippen LogP contribution in [0.1, 0.15) is 41.0 Å². The Labute approximate surface area is 115 Å². The molecule has 1 rings (SSSR count). The van der Waals surface area contributed by atoms with Gasteiger partial charge in [-0.1, -0.05) is 13.8 Å². The summed E-state index contributed by atoms with van der Waals surface area (Å²) in [5.74, 6) is 0.0280. The van der Waals surface area contributed by atoms with Crippen LogP contribution in [0.4, 0.5) is 0 Å². The Bertz CT molecular complexity index is 340. The van der Waals surface area contributed by atoms with Gasteiger partial charge in [-0.2, -0.15) is 0 Å². The van der Waals surface area contributed by atoms with Crippen molar-refractivity contribution in [3.63, 3.8) is 0 Å². The maximum atomic E-state index is 12.5. The molecule has 5 heteroatoms. The van der Waals surface area contributed by atoms with Crippen molar-refractivity contribution in [2.75, 3.05) is 19.8 Å². The van der Waals surface area contributed by atoms with Crippen LogP contribution in [0.15, 0.2) is 0 Å². The lowest BCUT2D eigenvalue weighted by atomic mass is 9.91. The lowest BCUT2D eigenvalue weighted by Gasteiger charge is -2.45. The van der Waals surface area contributed by atoms with Gasteiger partial charge < -0.3 is 15.0 Å². The summed E-state index contributed by atoms with van der Waals surface area (Å²) >= 11 is 0. The molecular formula is C14H26N2O3. The molecule has 0 saturated carbocycles. The summed E-state index contributed by atoms with van der Waals surface area (Å²) in [5.41, 5.74) is -0.783. The zero-order chi connectivity index (χ0) is 14.6. The molecule has 0 aromatic heterocycles. The van der Waals surface area contributed by atoms with Crippen LogP contribution in [-0.4, -0.2) is 48.1 Å². The Balaban J connectivity index is 2.76. The molecule has 0 aliphatic carbocycles. The minimum atomic E-state index is -0.783. The zero-order valence-corrected chi connectivity index (χ0v) is 12.7. The first-order chi connectivity index (χ1) is 8.82. The second-order valence-electron chi connectivity index (χ2n) is 5.79. The van der Waals surface area contributed by atoms with Crippen LogP contribution in [-0.2, 0) is 14.3 Å². The van der Waals surface area contributed by atoms with Gasteiger partial charge in [-0.05, 0) is 33.1 Å². The molecule has 1 aliphatic heterocycles. The summed E-state index contributed by atoms with van der Waals surface area (Å²) < 4.78 is 5.29. The fourth-order valence-electron chi connectivity index (χ4n) is 2.26. The Morgan fingerprint density at radius 2 is 2.00 bits per heavy atom. The zero-order valence-electron chi connectivity index (χ0n) is 12.7. The minimum Gasteiger partial charge on any atom is -0.382 e. The van der Waals surface area contributed by atoms with E-state index >= 15 is 0 Å². The van der Waals surface area contributed by atoms with Crippen molar-refractivity contribution in [1.82, 2.24) is 10.2 Å². The number of carbonyl (C=O) groups excluding carboxylic acids is 2. The van der Waals surface area contributed by atoms with Gasteiger partial charge in [0.15, 0.2) is 0 Å². The van der Waals surface area contributed by atoms with Gasteiger partial charge in [0, 0.05) is 19.8 Å². The Morgan fingerprint density at radius 3 is 2.53 bits per heavy atom. The van der Waals surface area contributed by atoms with Gasteiger partial charge in [0.1, 0.15) is 11.6 Å². The molecule has 0 aromatic rings. The fraction of sp³-hybridized carbons (Fsp3) is 0.857. The van der Waals surface area contributed by atoms with Gasteiger partial charge in [-0.3, -0.25) is 9.59 Å². The average Bonchev–Trinajstić information content (AvgIpc) is 2.32.